The van der Waals surface area contributed by atoms with E-state index in [0.29, 0.717) is 16.5 Å². The zero-order chi connectivity index (χ0) is 12.1. The molecule has 0 aliphatic heterocycles. The Kier molecular flexibility index (Phi) is 4.52. The molecule has 0 fully saturated rings. The number of carbonyl (C=O) groups excluding carboxylic acids is 1. The van der Waals surface area contributed by atoms with Crippen molar-refractivity contribution in [1.29, 1.82) is 0 Å². The Morgan fingerprint density at radius 1 is 1.62 bits per heavy atom. The van der Waals surface area contributed by atoms with E-state index in [-0.39, 0.29) is 17.3 Å². The number of benzene rings is 1. The van der Waals surface area contributed by atoms with Crippen molar-refractivity contribution in [3.05, 3.63) is 23.2 Å². The van der Waals surface area contributed by atoms with Gasteiger partial charge in [0.25, 0.3) is 0 Å². The van der Waals surface area contributed by atoms with Gasteiger partial charge in [-0.25, -0.2) is 0 Å². The lowest BCUT2D eigenvalue weighted by atomic mass is 10.3. The monoisotopic (exact) mass is 258 g/mol. The molecular weight excluding hydrogens is 248 g/mol. The number of rotatable bonds is 4. The van der Waals surface area contributed by atoms with E-state index in [1.807, 2.05) is 0 Å². The number of hydrogen-bond donors (Lipinski definition) is 2. The van der Waals surface area contributed by atoms with Crippen molar-refractivity contribution < 1.29 is 9.53 Å². The Bertz CT molecular complexity index is 423. The van der Waals surface area contributed by atoms with Gasteiger partial charge in [-0.2, -0.15) is 0 Å². The van der Waals surface area contributed by atoms with Crippen molar-refractivity contribution in [2.45, 2.75) is 6.42 Å². The number of halogens is 1. The second kappa shape index (κ2) is 5.67. The molecule has 0 unspecified atom stereocenters. The lowest BCUT2D eigenvalue weighted by molar-refractivity contribution is -0.115. The first-order chi connectivity index (χ1) is 7.52. The number of thiocarbonyl (C=S) groups is 1. The van der Waals surface area contributed by atoms with E-state index >= 15 is 0 Å². The Morgan fingerprint density at radius 3 is 2.88 bits per heavy atom. The van der Waals surface area contributed by atoms with Crippen LogP contribution in [0.25, 0.3) is 0 Å². The van der Waals surface area contributed by atoms with Crippen LogP contribution in [0, 0.1) is 0 Å². The van der Waals surface area contributed by atoms with Crippen molar-refractivity contribution in [1.82, 2.24) is 0 Å². The minimum Gasteiger partial charge on any atom is -0.495 e. The average Bonchev–Trinajstić information content (AvgIpc) is 2.19. The number of ether oxygens (including phenoxy) is 1. The van der Waals surface area contributed by atoms with Gasteiger partial charge in [0.1, 0.15) is 5.75 Å². The van der Waals surface area contributed by atoms with Gasteiger partial charge in [0.05, 0.1) is 23.5 Å². The Labute approximate surface area is 104 Å². The van der Waals surface area contributed by atoms with E-state index < -0.39 is 0 Å². The molecule has 4 nitrogen and oxygen atoms in total. The SMILES string of the molecule is COc1cc(NC(=O)CC(N)=S)ccc1Cl. The lowest BCUT2D eigenvalue weighted by Crippen LogP contribution is -2.20. The smallest absolute Gasteiger partial charge is 0.231 e. The molecular formula is C10H11ClN2O2S. The maximum absolute atomic E-state index is 11.4. The molecule has 3 N–H and O–H groups in total. The number of amides is 1. The highest BCUT2D eigenvalue weighted by molar-refractivity contribution is 7.80. The minimum absolute atomic E-state index is 0.0142. The summed E-state index contributed by atoms with van der Waals surface area (Å²) in [5.74, 6) is 0.228. The fraction of sp³-hybridized carbons (Fsp3) is 0.200. The number of carbonyl (C=O) groups is 1. The third kappa shape index (κ3) is 3.67. The molecule has 16 heavy (non-hydrogen) atoms. The summed E-state index contributed by atoms with van der Waals surface area (Å²) in [7, 11) is 1.50. The Hall–Kier alpha value is -1.33. The predicted octanol–water partition coefficient (Wildman–Crippen LogP) is 1.96. The molecule has 0 spiro atoms. The summed E-state index contributed by atoms with van der Waals surface area (Å²) >= 11 is 10.5. The van der Waals surface area contributed by atoms with Gasteiger partial charge in [0.15, 0.2) is 0 Å². The normalized spacial score (nSPS) is 9.62. The predicted molar refractivity (Wildman–Crippen MR) is 68.0 cm³/mol. The van der Waals surface area contributed by atoms with E-state index in [1.54, 1.807) is 18.2 Å². The van der Waals surface area contributed by atoms with Gasteiger partial charge in [-0.05, 0) is 12.1 Å². The molecule has 1 amide bonds. The highest BCUT2D eigenvalue weighted by Crippen LogP contribution is 2.27. The maximum Gasteiger partial charge on any atom is 0.231 e. The summed E-state index contributed by atoms with van der Waals surface area (Å²) in [5, 5.41) is 3.11. The first-order valence-electron chi connectivity index (χ1n) is 4.44. The second-order valence-corrected chi connectivity index (χ2v) is 3.97. The molecule has 0 aromatic heterocycles. The van der Waals surface area contributed by atoms with Crippen molar-refractivity contribution in [3.63, 3.8) is 0 Å². The summed E-state index contributed by atoms with van der Waals surface area (Å²) in [5.41, 5.74) is 5.84. The average molecular weight is 259 g/mol. The summed E-state index contributed by atoms with van der Waals surface area (Å²) in [6.07, 6.45) is 0.0142. The van der Waals surface area contributed by atoms with Crippen LogP contribution in [-0.2, 0) is 4.79 Å². The van der Waals surface area contributed by atoms with E-state index in [9.17, 15) is 4.79 Å². The van der Waals surface area contributed by atoms with Gasteiger partial charge >= 0.3 is 0 Å². The van der Waals surface area contributed by atoms with Gasteiger partial charge in [0, 0.05) is 11.8 Å². The van der Waals surface area contributed by atoms with Crippen molar-refractivity contribution in [2.24, 2.45) is 5.73 Å². The first kappa shape index (κ1) is 12.7. The van der Waals surface area contributed by atoms with Crippen LogP contribution in [0.1, 0.15) is 6.42 Å². The molecule has 0 bridgehead atoms. The molecule has 1 aromatic carbocycles. The Morgan fingerprint density at radius 2 is 2.31 bits per heavy atom. The molecule has 1 rings (SSSR count). The van der Waals surface area contributed by atoms with E-state index in [4.69, 9.17) is 22.1 Å². The molecule has 0 aliphatic carbocycles. The third-order valence-corrected chi connectivity index (χ3v) is 2.23. The molecule has 0 aliphatic rings. The number of methoxy groups -OCH3 is 1. The molecule has 86 valence electrons. The Balaban J connectivity index is 2.74. The summed E-state index contributed by atoms with van der Waals surface area (Å²) < 4.78 is 5.01. The molecule has 0 heterocycles. The third-order valence-electron chi connectivity index (χ3n) is 1.77. The van der Waals surface area contributed by atoms with Crippen LogP contribution in [0.3, 0.4) is 0 Å². The summed E-state index contributed by atoms with van der Waals surface area (Å²) in [6.45, 7) is 0. The van der Waals surface area contributed by atoms with Gasteiger partial charge in [-0.15, -0.1) is 0 Å². The van der Waals surface area contributed by atoms with E-state index in [1.165, 1.54) is 7.11 Å². The minimum atomic E-state index is -0.267. The molecule has 0 saturated heterocycles. The van der Waals surface area contributed by atoms with Crippen molar-refractivity contribution in [2.75, 3.05) is 12.4 Å². The number of hydrogen-bond acceptors (Lipinski definition) is 3. The van der Waals surface area contributed by atoms with Gasteiger partial charge in [-0.1, -0.05) is 23.8 Å². The van der Waals surface area contributed by atoms with Crippen molar-refractivity contribution in [3.8, 4) is 5.75 Å². The highest BCUT2D eigenvalue weighted by Gasteiger charge is 2.06. The quantitative estimate of drug-likeness (QED) is 0.811. The van der Waals surface area contributed by atoms with Gasteiger partial charge in [-0.3, -0.25) is 4.79 Å². The lowest BCUT2D eigenvalue weighted by Gasteiger charge is -2.07. The topological polar surface area (TPSA) is 64.3 Å². The van der Waals surface area contributed by atoms with Crippen molar-refractivity contribution >= 4 is 40.4 Å². The first-order valence-corrected chi connectivity index (χ1v) is 5.23. The van der Waals surface area contributed by atoms with Crippen LogP contribution in [0.15, 0.2) is 18.2 Å². The summed E-state index contributed by atoms with van der Waals surface area (Å²) in [4.78, 5) is 11.5. The maximum atomic E-state index is 11.4. The largest absolute Gasteiger partial charge is 0.495 e. The fourth-order valence-electron chi connectivity index (χ4n) is 1.10. The van der Waals surface area contributed by atoms with Crippen LogP contribution in [0.5, 0.6) is 5.75 Å². The fourth-order valence-corrected chi connectivity index (χ4v) is 1.43. The molecule has 1 aromatic rings. The zero-order valence-electron chi connectivity index (χ0n) is 8.62. The van der Waals surface area contributed by atoms with Crippen LogP contribution in [0.2, 0.25) is 5.02 Å². The number of nitrogens with one attached hydrogen (secondary N) is 1. The molecule has 0 atom stereocenters. The molecule has 0 radical (unpaired) electrons. The number of nitrogens with two attached hydrogens (primary N) is 1. The van der Waals surface area contributed by atoms with Crippen LogP contribution < -0.4 is 15.8 Å². The standard InChI is InChI=1S/C10H11ClN2O2S/c1-15-8-4-6(2-3-7(8)11)13-10(14)5-9(12)16/h2-4H,5H2,1H3,(H2,12,16)(H,13,14). The number of anilines is 1. The van der Waals surface area contributed by atoms with Crippen LogP contribution >= 0.6 is 23.8 Å². The highest BCUT2D eigenvalue weighted by atomic mass is 35.5. The molecule has 0 saturated carbocycles. The zero-order valence-corrected chi connectivity index (χ0v) is 10.2. The second-order valence-electron chi connectivity index (χ2n) is 3.04. The van der Waals surface area contributed by atoms with Gasteiger partial charge in [0.2, 0.25) is 5.91 Å². The van der Waals surface area contributed by atoms with Crippen LogP contribution in [0.4, 0.5) is 5.69 Å². The van der Waals surface area contributed by atoms with E-state index in [2.05, 4.69) is 17.5 Å². The molecule has 6 heteroatoms. The van der Waals surface area contributed by atoms with E-state index in [0.717, 1.165) is 0 Å². The summed E-state index contributed by atoms with van der Waals surface area (Å²) in [6, 6.07) is 4.93. The van der Waals surface area contributed by atoms with Gasteiger partial charge < -0.3 is 15.8 Å². The van der Waals surface area contributed by atoms with Crippen LogP contribution in [-0.4, -0.2) is 18.0 Å².